The summed E-state index contributed by atoms with van der Waals surface area (Å²) in [6, 6.07) is 13.9. The second-order valence-corrected chi connectivity index (χ2v) is 9.12. The number of amidine groups is 1. The molecule has 1 aliphatic heterocycles. The van der Waals surface area contributed by atoms with Crippen molar-refractivity contribution < 1.29 is 27.8 Å². The summed E-state index contributed by atoms with van der Waals surface area (Å²) in [6.07, 6.45) is 0.998. The highest BCUT2D eigenvalue weighted by molar-refractivity contribution is 5.92. The number of aromatic nitrogens is 1. The van der Waals surface area contributed by atoms with Crippen molar-refractivity contribution in [1.82, 2.24) is 4.57 Å². The maximum atomic E-state index is 13.8. The fraction of sp³-hybridized carbons (Fsp3) is 0.241. The first kappa shape index (κ1) is 26.3. The number of hydrogen-bond acceptors (Lipinski definition) is 6. The van der Waals surface area contributed by atoms with E-state index < -0.39 is 29.2 Å². The Balaban J connectivity index is 1.50. The Bertz CT molecular complexity index is 1540. The minimum Gasteiger partial charge on any atom is -0.503 e. The van der Waals surface area contributed by atoms with Crippen molar-refractivity contribution >= 4 is 11.7 Å². The fourth-order valence-corrected chi connectivity index (χ4v) is 4.82. The number of aromatic hydroxyl groups is 1. The van der Waals surface area contributed by atoms with Gasteiger partial charge in [-0.1, -0.05) is 43.3 Å². The zero-order valence-electron chi connectivity index (χ0n) is 21.2. The van der Waals surface area contributed by atoms with Crippen molar-refractivity contribution in [3.05, 3.63) is 100 Å². The quantitative estimate of drug-likeness (QED) is 0.401. The van der Waals surface area contributed by atoms with Crippen LogP contribution in [0, 0.1) is 0 Å². The van der Waals surface area contributed by atoms with Gasteiger partial charge in [0.1, 0.15) is 11.8 Å². The number of anilines is 1. The molecule has 2 heterocycles. The summed E-state index contributed by atoms with van der Waals surface area (Å²) in [4.78, 5) is 16.7. The van der Waals surface area contributed by atoms with Crippen molar-refractivity contribution in [2.75, 3.05) is 12.4 Å². The van der Waals surface area contributed by atoms with Gasteiger partial charge in [0.05, 0.1) is 11.9 Å². The third-order valence-corrected chi connectivity index (χ3v) is 6.65. The maximum Gasteiger partial charge on any atom is 0.420 e. The number of fused-ring (bicyclic) bond motifs is 1. The van der Waals surface area contributed by atoms with Crippen LogP contribution < -0.4 is 10.7 Å². The topological polar surface area (TPSA) is 85.1 Å². The standard InChI is InChI=1S/C29H26F3N3O4/c1-3-19-20(17-11-13-18(14-12-17)33-28-34-21-8-4-5-10-26(21)39-28)7-6-9-22(19)35-16-25(37)24(36)15-23(35)27(38-2)29(30,31)32/h4-7,9-16,21,27,37H,3,8H2,1-2H3,(H,33,34). The van der Waals surface area contributed by atoms with E-state index in [1.54, 1.807) is 12.1 Å². The van der Waals surface area contributed by atoms with Crippen LogP contribution in [0.4, 0.5) is 18.9 Å². The normalized spacial score (nSPS) is 17.2. The van der Waals surface area contributed by atoms with Gasteiger partial charge in [-0.2, -0.15) is 13.2 Å². The van der Waals surface area contributed by atoms with Gasteiger partial charge >= 0.3 is 6.18 Å². The molecule has 0 radical (unpaired) electrons. The van der Waals surface area contributed by atoms with Crippen LogP contribution in [0.25, 0.3) is 16.8 Å². The predicted molar refractivity (Wildman–Crippen MR) is 142 cm³/mol. The van der Waals surface area contributed by atoms with Crippen LogP contribution >= 0.6 is 0 Å². The van der Waals surface area contributed by atoms with Crippen molar-refractivity contribution in [2.24, 2.45) is 4.99 Å². The van der Waals surface area contributed by atoms with Gasteiger partial charge in [-0.15, -0.1) is 0 Å². The van der Waals surface area contributed by atoms with Crippen LogP contribution in [0.2, 0.25) is 0 Å². The SMILES string of the molecule is CCc1c(-c2ccc(NC3=NC4CC=CC=C4O3)cc2)cccc1-n1cc(O)c(=O)cc1C(OC)C(F)(F)F. The van der Waals surface area contributed by atoms with E-state index in [4.69, 9.17) is 9.47 Å². The summed E-state index contributed by atoms with van der Waals surface area (Å²) >= 11 is 0. The number of halogens is 3. The van der Waals surface area contributed by atoms with E-state index in [9.17, 15) is 23.1 Å². The summed E-state index contributed by atoms with van der Waals surface area (Å²) in [7, 11) is 0.927. The molecule has 10 heteroatoms. The lowest BCUT2D eigenvalue weighted by Crippen LogP contribution is -2.27. The van der Waals surface area contributed by atoms with Gasteiger partial charge in [-0.3, -0.25) is 4.79 Å². The van der Waals surface area contributed by atoms with Gasteiger partial charge in [0.2, 0.25) is 5.43 Å². The molecular weight excluding hydrogens is 511 g/mol. The van der Waals surface area contributed by atoms with Crippen molar-refractivity contribution in [3.63, 3.8) is 0 Å². The minimum absolute atomic E-state index is 0.0146. The highest BCUT2D eigenvalue weighted by Crippen LogP contribution is 2.38. The van der Waals surface area contributed by atoms with Crippen LogP contribution in [0.1, 0.15) is 30.7 Å². The molecule has 1 aliphatic carbocycles. The Morgan fingerprint density at radius 1 is 1.23 bits per heavy atom. The monoisotopic (exact) mass is 537 g/mol. The van der Waals surface area contributed by atoms with E-state index in [0.717, 1.165) is 53.9 Å². The maximum absolute atomic E-state index is 13.8. The van der Waals surface area contributed by atoms with E-state index >= 15 is 0 Å². The molecule has 2 unspecified atom stereocenters. The lowest BCUT2D eigenvalue weighted by atomic mass is 9.95. The number of nitrogens with zero attached hydrogens (tertiary/aromatic N) is 2. The van der Waals surface area contributed by atoms with Gasteiger partial charge in [0.15, 0.2) is 11.9 Å². The van der Waals surface area contributed by atoms with Crippen LogP contribution in [-0.4, -0.2) is 35.0 Å². The minimum atomic E-state index is -4.77. The molecule has 2 N–H and O–H groups in total. The van der Waals surface area contributed by atoms with Gasteiger partial charge in [0.25, 0.3) is 6.02 Å². The molecule has 0 spiro atoms. The second-order valence-electron chi connectivity index (χ2n) is 9.12. The first-order chi connectivity index (χ1) is 18.7. The molecule has 5 rings (SSSR count). The lowest BCUT2D eigenvalue weighted by Gasteiger charge is -2.25. The third-order valence-electron chi connectivity index (χ3n) is 6.65. The number of alkyl halides is 3. The summed E-state index contributed by atoms with van der Waals surface area (Å²) in [5, 5.41) is 13.3. The average molecular weight is 538 g/mol. The molecular formula is C29H26F3N3O4. The highest BCUT2D eigenvalue weighted by Gasteiger charge is 2.43. The smallest absolute Gasteiger partial charge is 0.420 e. The number of ether oxygens (including phenoxy) is 2. The summed E-state index contributed by atoms with van der Waals surface area (Å²) in [5.41, 5.74) is 2.16. The summed E-state index contributed by atoms with van der Waals surface area (Å²) < 4.78 is 53.1. The number of pyridine rings is 1. The van der Waals surface area contributed by atoms with E-state index in [1.807, 2.05) is 55.5 Å². The molecule has 0 bridgehead atoms. The zero-order valence-corrected chi connectivity index (χ0v) is 21.2. The molecule has 7 nitrogen and oxygen atoms in total. The summed E-state index contributed by atoms with van der Waals surface area (Å²) in [6.45, 7) is 1.89. The van der Waals surface area contributed by atoms with Crippen molar-refractivity contribution in [1.29, 1.82) is 0 Å². The molecule has 0 fully saturated rings. The molecule has 2 aliphatic rings. The third kappa shape index (κ3) is 5.20. The van der Waals surface area contributed by atoms with E-state index in [1.165, 1.54) is 4.57 Å². The highest BCUT2D eigenvalue weighted by atomic mass is 19.4. The van der Waals surface area contributed by atoms with Gasteiger partial charge in [-0.05, 0) is 53.8 Å². The molecule has 2 atom stereocenters. The number of aliphatic imine (C=N–C) groups is 1. The van der Waals surface area contributed by atoms with Gasteiger partial charge in [-0.25, -0.2) is 4.99 Å². The Morgan fingerprint density at radius 3 is 2.67 bits per heavy atom. The molecule has 0 saturated carbocycles. The fourth-order valence-electron chi connectivity index (χ4n) is 4.82. The average Bonchev–Trinajstić information content (AvgIpc) is 3.32. The molecule has 1 aromatic heterocycles. The van der Waals surface area contributed by atoms with Crippen LogP contribution in [0.3, 0.4) is 0 Å². The van der Waals surface area contributed by atoms with Gasteiger partial charge in [0, 0.05) is 24.6 Å². The van der Waals surface area contributed by atoms with E-state index in [2.05, 4.69) is 10.3 Å². The molecule has 2 aromatic carbocycles. The number of methoxy groups -OCH3 is 1. The van der Waals surface area contributed by atoms with Gasteiger partial charge < -0.3 is 24.5 Å². The number of benzene rings is 2. The Labute approximate surface area is 222 Å². The first-order valence-electron chi connectivity index (χ1n) is 12.4. The number of nitrogens with one attached hydrogen (secondary N) is 1. The molecule has 202 valence electrons. The molecule has 3 aromatic rings. The number of rotatable bonds is 6. The van der Waals surface area contributed by atoms with E-state index in [0.29, 0.717) is 18.1 Å². The second kappa shape index (κ2) is 10.5. The zero-order chi connectivity index (χ0) is 27.7. The Hall–Kier alpha value is -4.31. The number of hydrogen-bond donors (Lipinski definition) is 2. The Morgan fingerprint density at radius 2 is 2.00 bits per heavy atom. The van der Waals surface area contributed by atoms with Crippen molar-refractivity contribution in [3.8, 4) is 22.6 Å². The van der Waals surface area contributed by atoms with Crippen LogP contribution in [-0.2, 0) is 15.9 Å². The Kier molecular flexibility index (Phi) is 7.05. The molecule has 0 saturated heterocycles. The van der Waals surface area contributed by atoms with Crippen LogP contribution in [0.5, 0.6) is 5.75 Å². The predicted octanol–water partition coefficient (Wildman–Crippen LogP) is 6.03. The van der Waals surface area contributed by atoms with E-state index in [-0.39, 0.29) is 6.04 Å². The number of allylic oxidation sites excluding steroid dienone is 2. The lowest BCUT2D eigenvalue weighted by molar-refractivity contribution is -0.217. The first-order valence-corrected chi connectivity index (χ1v) is 12.4. The van der Waals surface area contributed by atoms with Crippen LogP contribution in [0.15, 0.2) is 88.5 Å². The van der Waals surface area contributed by atoms with Crippen molar-refractivity contribution in [2.45, 2.75) is 38.1 Å². The largest absolute Gasteiger partial charge is 0.503 e. The molecule has 0 amide bonds. The molecule has 39 heavy (non-hydrogen) atoms. The summed E-state index contributed by atoms with van der Waals surface area (Å²) in [5.74, 6) is 0.136.